The third-order valence-electron chi connectivity index (χ3n) is 6.99. The molecule has 1 atom stereocenters. The van der Waals surface area contributed by atoms with Crippen molar-refractivity contribution < 1.29 is 24.2 Å². The van der Waals surface area contributed by atoms with E-state index in [0.717, 1.165) is 24.0 Å². The fourth-order valence-corrected chi connectivity index (χ4v) is 4.92. The van der Waals surface area contributed by atoms with Crippen LogP contribution in [0.4, 0.5) is 0 Å². The maximum Gasteiger partial charge on any atom is 0.295 e. The Kier molecular flexibility index (Phi) is 8.44. The second-order valence-electron chi connectivity index (χ2n) is 9.95. The first-order valence-electron chi connectivity index (χ1n) is 13.7. The summed E-state index contributed by atoms with van der Waals surface area (Å²) in [4.78, 5) is 32.7. The average Bonchev–Trinajstić information content (AvgIpc) is 3.23. The molecular formula is C34H32N2O5. The molecule has 1 amide bonds. The lowest BCUT2D eigenvalue weighted by Gasteiger charge is -2.26. The van der Waals surface area contributed by atoms with Gasteiger partial charge in [-0.25, -0.2) is 0 Å². The van der Waals surface area contributed by atoms with Gasteiger partial charge in [-0.1, -0.05) is 49.7 Å². The molecule has 0 aliphatic carbocycles. The van der Waals surface area contributed by atoms with Crippen LogP contribution in [0.15, 0.2) is 103 Å². The van der Waals surface area contributed by atoms with Gasteiger partial charge in [0.25, 0.3) is 11.7 Å². The molecule has 1 aliphatic rings. The number of hydrogen-bond donors (Lipinski definition) is 1. The molecule has 0 spiro atoms. The van der Waals surface area contributed by atoms with Crippen molar-refractivity contribution in [3.8, 4) is 17.2 Å². The second-order valence-corrected chi connectivity index (χ2v) is 9.95. The van der Waals surface area contributed by atoms with Crippen LogP contribution in [0.3, 0.4) is 0 Å². The van der Waals surface area contributed by atoms with E-state index in [1.54, 1.807) is 36.7 Å². The molecule has 1 fully saturated rings. The Morgan fingerprint density at radius 1 is 0.927 bits per heavy atom. The van der Waals surface area contributed by atoms with Crippen LogP contribution < -0.4 is 9.47 Å². The number of carbonyl (C=O) groups is 2. The van der Waals surface area contributed by atoms with Crippen molar-refractivity contribution in [2.45, 2.75) is 39.3 Å². The minimum atomic E-state index is -0.839. The smallest absolute Gasteiger partial charge is 0.295 e. The van der Waals surface area contributed by atoms with Gasteiger partial charge in [0.1, 0.15) is 23.0 Å². The molecule has 1 saturated heterocycles. The van der Waals surface area contributed by atoms with Crippen LogP contribution >= 0.6 is 0 Å². The standard InChI is InChI=1S/C34H32N2O5/c1-3-4-18-40-27-15-16-29(23(2)19-27)32(37)30-31(36(34(39)33(30)38)22-24-10-9-17-35-21-24)25-11-8-14-28(20-25)41-26-12-6-5-7-13-26/h5-17,19-21,31,37H,3-4,18,22H2,1-2H3/b32-30+/t31-/m0/s1. The Balaban J connectivity index is 1.57. The summed E-state index contributed by atoms with van der Waals surface area (Å²) >= 11 is 0. The van der Waals surface area contributed by atoms with Gasteiger partial charge in [-0.05, 0) is 78.6 Å². The quantitative estimate of drug-likeness (QED) is 0.0995. The minimum absolute atomic E-state index is 0.0264. The van der Waals surface area contributed by atoms with Crippen molar-refractivity contribution in [1.29, 1.82) is 0 Å². The summed E-state index contributed by atoms with van der Waals surface area (Å²) in [6, 6.07) is 24.7. The van der Waals surface area contributed by atoms with Crippen LogP contribution in [0.1, 0.15) is 48.1 Å². The molecule has 0 bridgehead atoms. The number of carbonyl (C=O) groups excluding carboxylic acids is 2. The molecule has 0 saturated carbocycles. The number of pyridine rings is 1. The molecule has 5 rings (SSSR count). The van der Waals surface area contributed by atoms with Gasteiger partial charge in [0.15, 0.2) is 0 Å². The first-order valence-corrected chi connectivity index (χ1v) is 13.7. The number of aryl methyl sites for hydroxylation is 1. The van der Waals surface area contributed by atoms with Gasteiger partial charge in [-0.3, -0.25) is 14.6 Å². The van der Waals surface area contributed by atoms with E-state index < -0.39 is 17.7 Å². The largest absolute Gasteiger partial charge is 0.507 e. The van der Waals surface area contributed by atoms with Crippen LogP contribution in [0.25, 0.3) is 5.76 Å². The number of rotatable bonds is 10. The van der Waals surface area contributed by atoms with Gasteiger partial charge in [0, 0.05) is 24.5 Å². The average molecular weight is 549 g/mol. The molecule has 208 valence electrons. The minimum Gasteiger partial charge on any atom is -0.507 e. The topological polar surface area (TPSA) is 89.0 Å². The highest BCUT2D eigenvalue weighted by atomic mass is 16.5. The summed E-state index contributed by atoms with van der Waals surface area (Å²) in [5.41, 5.74) is 2.63. The number of nitrogens with zero attached hydrogens (tertiary/aromatic N) is 2. The van der Waals surface area contributed by atoms with Crippen molar-refractivity contribution >= 4 is 17.4 Å². The molecule has 1 aromatic heterocycles. The first-order chi connectivity index (χ1) is 20.0. The zero-order chi connectivity index (χ0) is 28.8. The lowest BCUT2D eigenvalue weighted by molar-refractivity contribution is -0.140. The van der Waals surface area contributed by atoms with Crippen LogP contribution in [-0.2, 0) is 16.1 Å². The van der Waals surface area contributed by atoms with Crippen LogP contribution in [0.5, 0.6) is 17.2 Å². The van der Waals surface area contributed by atoms with Gasteiger partial charge in [0.05, 0.1) is 18.2 Å². The van der Waals surface area contributed by atoms with Gasteiger partial charge in [-0.2, -0.15) is 0 Å². The number of amides is 1. The second kappa shape index (κ2) is 12.5. The Morgan fingerprint density at radius 3 is 2.46 bits per heavy atom. The lowest BCUT2D eigenvalue weighted by Crippen LogP contribution is -2.29. The molecule has 1 N–H and O–H groups in total. The highest BCUT2D eigenvalue weighted by Gasteiger charge is 2.46. The number of aliphatic hydroxyl groups excluding tert-OH is 1. The normalized spacial score (nSPS) is 16.1. The van der Waals surface area contributed by atoms with Crippen LogP contribution in [0.2, 0.25) is 0 Å². The number of ether oxygens (including phenoxy) is 2. The molecule has 3 aromatic carbocycles. The molecular weight excluding hydrogens is 516 g/mol. The van der Waals surface area contributed by atoms with Gasteiger partial charge >= 0.3 is 0 Å². The fraction of sp³-hybridized carbons (Fsp3) is 0.206. The Labute approximate surface area is 239 Å². The maximum atomic E-state index is 13.6. The lowest BCUT2D eigenvalue weighted by atomic mass is 9.93. The fourth-order valence-electron chi connectivity index (χ4n) is 4.92. The van der Waals surface area contributed by atoms with Crippen molar-refractivity contribution in [2.24, 2.45) is 0 Å². The SMILES string of the molecule is CCCCOc1ccc(/C(O)=C2\C(=O)C(=O)N(Cc3cccnc3)[C@H]2c2cccc(Oc3ccccc3)c2)c(C)c1. The van der Waals surface area contributed by atoms with Crippen LogP contribution in [0, 0.1) is 6.92 Å². The summed E-state index contributed by atoms with van der Waals surface area (Å²) in [5, 5.41) is 11.6. The number of aliphatic hydroxyl groups is 1. The van der Waals surface area contributed by atoms with Gasteiger partial charge < -0.3 is 19.5 Å². The summed E-state index contributed by atoms with van der Waals surface area (Å²) < 4.78 is 11.9. The number of unbranched alkanes of at least 4 members (excludes halogenated alkanes) is 1. The molecule has 7 heteroatoms. The predicted molar refractivity (Wildman–Crippen MR) is 157 cm³/mol. The number of ketones is 1. The van der Waals surface area contributed by atoms with E-state index in [1.165, 1.54) is 4.90 Å². The van der Waals surface area contributed by atoms with E-state index in [1.807, 2.05) is 67.6 Å². The highest BCUT2D eigenvalue weighted by molar-refractivity contribution is 6.46. The van der Waals surface area contributed by atoms with E-state index in [9.17, 15) is 14.7 Å². The zero-order valence-electron chi connectivity index (χ0n) is 23.1. The summed E-state index contributed by atoms with van der Waals surface area (Å²) in [6.07, 6.45) is 5.27. The van der Waals surface area contributed by atoms with Crippen molar-refractivity contribution in [2.75, 3.05) is 6.61 Å². The number of hydrogen-bond acceptors (Lipinski definition) is 6. The molecule has 0 radical (unpaired) electrons. The van der Waals surface area contributed by atoms with Gasteiger partial charge in [0.2, 0.25) is 0 Å². The summed E-state index contributed by atoms with van der Waals surface area (Å²) in [5.74, 6) is 0.234. The van der Waals surface area contributed by atoms with E-state index in [2.05, 4.69) is 11.9 Å². The first kappa shape index (κ1) is 27.6. The van der Waals surface area contributed by atoms with Crippen molar-refractivity contribution in [3.63, 3.8) is 0 Å². The molecule has 0 unspecified atom stereocenters. The number of aromatic nitrogens is 1. The summed E-state index contributed by atoms with van der Waals surface area (Å²) in [7, 11) is 0. The Morgan fingerprint density at radius 2 is 1.73 bits per heavy atom. The van der Waals surface area contributed by atoms with Crippen molar-refractivity contribution in [1.82, 2.24) is 9.88 Å². The van der Waals surface area contributed by atoms with E-state index in [4.69, 9.17) is 9.47 Å². The molecule has 4 aromatic rings. The predicted octanol–water partition coefficient (Wildman–Crippen LogP) is 6.98. The van der Waals surface area contributed by atoms with E-state index in [0.29, 0.717) is 35.0 Å². The molecule has 41 heavy (non-hydrogen) atoms. The Hall–Kier alpha value is -4.91. The third-order valence-corrected chi connectivity index (χ3v) is 6.99. The van der Waals surface area contributed by atoms with Crippen molar-refractivity contribution in [3.05, 3.63) is 125 Å². The van der Waals surface area contributed by atoms with Crippen LogP contribution in [-0.4, -0.2) is 33.3 Å². The molecule has 2 heterocycles. The number of Topliss-reactive ketones (excluding diaryl/α,β-unsaturated/α-hetero) is 1. The van der Waals surface area contributed by atoms with E-state index in [-0.39, 0.29) is 17.9 Å². The number of para-hydroxylation sites is 1. The number of benzene rings is 3. The number of likely N-dealkylation sites (tertiary alicyclic amines) is 1. The third kappa shape index (κ3) is 6.14. The Bertz CT molecular complexity index is 1570. The van der Waals surface area contributed by atoms with Gasteiger partial charge in [-0.15, -0.1) is 0 Å². The van der Waals surface area contributed by atoms with E-state index >= 15 is 0 Å². The zero-order valence-corrected chi connectivity index (χ0v) is 23.1. The monoisotopic (exact) mass is 548 g/mol. The highest BCUT2D eigenvalue weighted by Crippen LogP contribution is 2.42. The molecule has 1 aliphatic heterocycles. The molecule has 7 nitrogen and oxygen atoms in total. The maximum absolute atomic E-state index is 13.6. The summed E-state index contributed by atoms with van der Waals surface area (Å²) in [6.45, 7) is 4.69.